The van der Waals surface area contributed by atoms with Crippen LogP contribution in [0.25, 0.3) is 0 Å². The Morgan fingerprint density at radius 1 is 1.30 bits per heavy atom. The van der Waals surface area contributed by atoms with E-state index < -0.39 is 5.91 Å². The Balaban J connectivity index is 1.89. The van der Waals surface area contributed by atoms with Gasteiger partial charge in [-0.25, -0.2) is 0 Å². The Morgan fingerprint density at radius 3 is 2.60 bits per heavy atom. The molecular formula is C15H21N3O2. The lowest BCUT2D eigenvalue weighted by atomic mass is 10.0. The summed E-state index contributed by atoms with van der Waals surface area (Å²) in [6.45, 7) is 3.56. The van der Waals surface area contributed by atoms with Gasteiger partial charge >= 0.3 is 0 Å². The van der Waals surface area contributed by atoms with Crippen LogP contribution < -0.4 is 11.1 Å². The Hall–Kier alpha value is -1.88. The molecule has 20 heavy (non-hydrogen) atoms. The second kappa shape index (κ2) is 6.52. The highest BCUT2D eigenvalue weighted by molar-refractivity contribution is 5.95. The van der Waals surface area contributed by atoms with Crippen LogP contribution in [0.2, 0.25) is 0 Å². The Morgan fingerprint density at radius 2 is 2.00 bits per heavy atom. The fourth-order valence-electron chi connectivity index (χ4n) is 2.50. The molecule has 0 bridgehead atoms. The summed E-state index contributed by atoms with van der Waals surface area (Å²) >= 11 is 0. The monoisotopic (exact) mass is 275 g/mol. The van der Waals surface area contributed by atoms with Gasteiger partial charge in [0.15, 0.2) is 0 Å². The lowest BCUT2D eigenvalue weighted by Crippen LogP contribution is -2.42. The molecule has 1 heterocycles. The van der Waals surface area contributed by atoms with Crippen molar-refractivity contribution in [1.82, 2.24) is 4.90 Å². The Kier molecular flexibility index (Phi) is 4.74. The lowest BCUT2D eigenvalue weighted by Gasteiger charge is -2.32. The summed E-state index contributed by atoms with van der Waals surface area (Å²) in [6.07, 6.45) is 3.55. The highest BCUT2D eigenvalue weighted by Crippen LogP contribution is 2.16. The third kappa shape index (κ3) is 3.81. The SMILES string of the molecule is C[C@@H]1CCCCN1CC(=O)Nc1ccc(C(N)=O)cc1. The molecule has 0 unspecified atom stereocenters. The van der Waals surface area contributed by atoms with Crippen molar-refractivity contribution >= 4 is 17.5 Å². The minimum absolute atomic E-state index is 0.0226. The van der Waals surface area contributed by atoms with Crippen molar-refractivity contribution < 1.29 is 9.59 Å². The number of nitrogens with two attached hydrogens (primary N) is 1. The van der Waals surface area contributed by atoms with E-state index in [4.69, 9.17) is 5.73 Å². The van der Waals surface area contributed by atoms with Crippen LogP contribution in [-0.4, -0.2) is 35.8 Å². The first kappa shape index (κ1) is 14.5. The second-order valence-electron chi connectivity index (χ2n) is 5.31. The van der Waals surface area contributed by atoms with Crippen LogP contribution >= 0.6 is 0 Å². The maximum Gasteiger partial charge on any atom is 0.248 e. The van der Waals surface area contributed by atoms with E-state index in [0.717, 1.165) is 19.4 Å². The number of rotatable bonds is 4. The molecule has 108 valence electrons. The summed E-state index contributed by atoms with van der Waals surface area (Å²) in [6, 6.07) is 7.07. The van der Waals surface area contributed by atoms with Crippen LogP contribution in [0.5, 0.6) is 0 Å². The quantitative estimate of drug-likeness (QED) is 0.876. The number of likely N-dealkylation sites (tertiary alicyclic amines) is 1. The van der Waals surface area contributed by atoms with Gasteiger partial charge in [0.1, 0.15) is 0 Å². The first-order valence-corrected chi connectivity index (χ1v) is 7.00. The van der Waals surface area contributed by atoms with E-state index in [0.29, 0.717) is 23.8 Å². The van der Waals surface area contributed by atoms with Gasteiger partial charge in [-0.3, -0.25) is 14.5 Å². The number of benzene rings is 1. The molecule has 0 aliphatic carbocycles. The number of hydrogen-bond acceptors (Lipinski definition) is 3. The molecule has 1 aliphatic heterocycles. The summed E-state index contributed by atoms with van der Waals surface area (Å²) in [7, 11) is 0. The molecule has 0 aromatic heterocycles. The van der Waals surface area contributed by atoms with Crippen molar-refractivity contribution in [2.45, 2.75) is 32.2 Å². The summed E-state index contributed by atoms with van der Waals surface area (Å²) in [5.74, 6) is -0.490. The van der Waals surface area contributed by atoms with Gasteiger partial charge < -0.3 is 11.1 Å². The molecule has 3 N–H and O–H groups in total. The molecule has 1 aromatic carbocycles. The van der Waals surface area contributed by atoms with Crippen molar-refractivity contribution in [2.24, 2.45) is 5.73 Å². The molecule has 5 nitrogen and oxygen atoms in total. The predicted octanol–water partition coefficient (Wildman–Crippen LogP) is 1.60. The molecule has 1 fully saturated rings. The van der Waals surface area contributed by atoms with Gasteiger partial charge in [0, 0.05) is 17.3 Å². The van der Waals surface area contributed by atoms with E-state index in [2.05, 4.69) is 17.1 Å². The first-order valence-electron chi connectivity index (χ1n) is 7.00. The minimum Gasteiger partial charge on any atom is -0.366 e. The van der Waals surface area contributed by atoms with Crippen molar-refractivity contribution in [3.63, 3.8) is 0 Å². The normalized spacial score (nSPS) is 19.6. The van der Waals surface area contributed by atoms with Crippen LogP contribution in [0.4, 0.5) is 5.69 Å². The standard InChI is InChI=1S/C15H21N3O2/c1-11-4-2-3-9-18(11)10-14(19)17-13-7-5-12(6-8-13)15(16)20/h5-8,11H,2-4,9-10H2,1H3,(H2,16,20)(H,17,19)/t11-/m1/s1. The first-order chi connectivity index (χ1) is 9.56. The third-order valence-corrected chi connectivity index (χ3v) is 3.74. The minimum atomic E-state index is -0.468. The number of carbonyl (C=O) groups is 2. The number of piperidine rings is 1. The van der Waals surface area contributed by atoms with E-state index in [9.17, 15) is 9.59 Å². The topological polar surface area (TPSA) is 75.4 Å². The van der Waals surface area contributed by atoms with Gasteiger partial charge in [0.05, 0.1) is 6.54 Å². The number of anilines is 1. The molecule has 5 heteroatoms. The Bertz CT molecular complexity index is 484. The van der Waals surface area contributed by atoms with Gasteiger partial charge in [-0.2, -0.15) is 0 Å². The number of nitrogens with zero attached hydrogens (tertiary/aromatic N) is 1. The summed E-state index contributed by atoms with van der Waals surface area (Å²) in [5.41, 5.74) is 6.29. The molecule has 2 rings (SSSR count). The smallest absolute Gasteiger partial charge is 0.248 e. The zero-order valence-corrected chi connectivity index (χ0v) is 11.8. The van der Waals surface area contributed by atoms with E-state index >= 15 is 0 Å². The van der Waals surface area contributed by atoms with Crippen molar-refractivity contribution in [3.05, 3.63) is 29.8 Å². The molecule has 0 saturated carbocycles. The number of carbonyl (C=O) groups excluding carboxylic acids is 2. The average Bonchev–Trinajstić information content (AvgIpc) is 2.42. The summed E-state index contributed by atoms with van der Waals surface area (Å²) < 4.78 is 0. The van der Waals surface area contributed by atoms with Gasteiger partial charge in [0.2, 0.25) is 11.8 Å². The van der Waals surface area contributed by atoms with E-state index in [1.54, 1.807) is 24.3 Å². The average molecular weight is 275 g/mol. The maximum absolute atomic E-state index is 12.0. The van der Waals surface area contributed by atoms with Gasteiger partial charge in [-0.15, -0.1) is 0 Å². The zero-order valence-electron chi connectivity index (χ0n) is 11.8. The fraction of sp³-hybridized carbons (Fsp3) is 0.467. The number of hydrogen-bond donors (Lipinski definition) is 2. The van der Waals surface area contributed by atoms with Gasteiger partial charge in [0.25, 0.3) is 0 Å². The molecule has 0 spiro atoms. The number of primary amides is 1. The van der Waals surface area contributed by atoms with Crippen LogP contribution in [0.15, 0.2) is 24.3 Å². The number of amides is 2. The summed E-state index contributed by atoms with van der Waals surface area (Å²) in [4.78, 5) is 25.2. The van der Waals surface area contributed by atoms with E-state index in [1.165, 1.54) is 6.42 Å². The molecule has 1 saturated heterocycles. The highest BCUT2D eigenvalue weighted by atomic mass is 16.2. The van der Waals surface area contributed by atoms with Crippen molar-refractivity contribution in [3.8, 4) is 0 Å². The largest absolute Gasteiger partial charge is 0.366 e. The second-order valence-corrected chi connectivity index (χ2v) is 5.31. The van der Waals surface area contributed by atoms with Crippen molar-refractivity contribution in [2.75, 3.05) is 18.4 Å². The molecule has 1 aromatic rings. The predicted molar refractivity (Wildman–Crippen MR) is 78.5 cm³/mol. The van der Waals surface area contributed by atoms with E-state index in [1.807, 2.05) is 0 Å². The molecule has 1 atom stereocenters. The molecule has 0 radical (unpaired) electrons. The summed E-state index contributed by atoms with van der Waals surface area (Å²) in [5, 5.41) is 2.84. The third-order valence-electron chi connectivity index (χ3n) is 3.74. The lowest BCUT2D eigenvalue weighted by molar-refractivity contribution is -0.118. The van der Waals surface area contributed by atoms with Crippen LogP contribution in [0, 0.1) is 0 Å². The van der Waals surface area contributed by atoms with Crippen LogP contribution in [0.3, 0.4) is 0 Å². The molecule has 1 aliphatic rings. The number of nitrogens with one attached hydrogen (secondary N) is 1. The van der Waals surface area contributed by atoms with Gasteiger partial charge in [-0.1, -0.05) is 6.42 Å². The fourth-order valence-corrected chi connectivity index (χ4v) is 2.50. The van der Waals surface area contributed by atoms with Crippen LogP contribution in [0.1, 0.15) is 36.5 Å². The van der Waals surface area contributed by atoms with E-state index in [-0.39, 0.29) is 5.91 Å². The molecular weight excluding hydrogens is 254 g/mol. The van der Waals surface area contributed by atoms with Crippen molar-refractivity contribution in [1.29, 1.82) is 0 Å². The van der Waals surface area contributed by atoms with Crippen LogP contribution in [-0.2, 0) is 4.79 Å². The highest BCUT2D eigenvalue weighted by Gasteiger charge is 2.20. The maximum atomic E-state index is 12.0. The van der Waals surface area contributed by atoms with Gasteiger partial charge in [-0.05, 0) is 50.6 Å². The zero-order chi connectivity index (χ0) is 14.5. The molecule has 2 amide bonds. The Labute approximate surface area is 119 Å².